The molecule has 0 bridgehead atoms. The van der Waals surface area contributed by atoms with Gasteiger partial charge in [-0.15, -0.1) is 0 Å². The number of ether oxygens (including phenoxy) is 1. The molecule has 0 rings (SSSR count). The van der Waals surface area contributed by atoms with Gasteiger partial charge >= 0.3 is 6.03 Å². The Bertz CT molecular complexity index is 170. The summed E-state index contributed by atoms with van der Waals surface area (Å²) < 4.78 is 5.25. The average molecular weight is 216 g/mol. The number of carbonyl (C=O) groups excluding carboxylic acids is 1. The third-order valence-electron chi connectivity index (χ3n) is 2.40. The van der Waals surface area contributed by atoms with Crippen molar-refractivity contribution in [3.63, 3.8) is 0 Å². The van der Waals surface area contributed by atoms with E-state index in [1.165, 1.54) is 0 Å². The van der Waals surface area contributed by atoms with Crippen LogP contribution in [0.2, 0.25) is 0 Å². The van der Waals surface area contributed by atoms with Crippen LogP contribution in [0.5, 0.6) is 0 Å². The summed E-state index contributed by atoms with van der Waals surface area (Å²) in [5, 5.41) is 0. The van der Waals surface area contributed by atoms with Crippen LogP contribution in [-0.4, -0.2) is 55.2 Å². The molecule has 0 aliphatic rings. The maximum atomic E-state index is 11.9. The molecule has 0 aliphatic carbocycles. The van der Waals surface area contributed by atoms with Gasteiger partial charge in [-0.2, -0.15) is 0 Å². The molecule has 0 aromatic carbocycles. The molecule has 0 aliphatic heterocycles. The van der Waals surface area contributed by atoms with Gasteiger partial charge in [-0.05, 0) is 27.7 Å². The summed E-state index contributed by atoms with van der Waals surface area (Å²) >= 11 is 0. The highest BCUT2D eigenvalue weighted by Crippen LogP contribution is 1.98. The molecule has 0 aromatic heterocycles. The summed E-state index contributed by atoms with van der Waals surface area (Å²) in [5.74, 6) is 0. The van der Waals surface area contributed by atoms with Crippen molar-refractivity contribution < 1.29 is 9.53 Å². The van der Waals surface area contributed by atoms with Crippen LogP contribution in [0, 0.1) is 0 Å². The van der Waals surface area contributed by atoms with Crippen LogP contribution in [0.15, 0.2) is 0 Å². The molecule has 0 aromatic rings. The minimum Gasteiger partial charge on any atom is -0.380 e. The van der Waals surface area contributed by atoms with Crippen LogP contribution in [0.25, 0.3) is 0 Å². The van der Waals surface area contributed by atoms with Gasteiger partial charge in [-0.1, -0.05) is 0 Å². The van der Waals surface area contributed by atoms with Gasteiger partial charge in [0.2, 0.25) is 0 Å². The van der Waals surface area contributed by atoms with Crippen molar-refractivity contribution in [2.75, 3.05) is 39.4 Å². The highest BCUT2D eigenvalue weighted by molar-refractivity contribution is 5.74. The zero-order valence-electron chi connectivity index (χ0n) is 10.5. The Morgan fingerprint density at radius 1 is 1.00 bits per heavy atom. The highest BCUT2D eigenvalue weighted by atomic mass is 16.5. The van der Waals surface area contributed by atoms with Crippen LogP contribution in [0.1, 0.15) is 27.7 Å². The molecule has 0 saturated carbocycles. The van der Waals surface area contributed by atoms with E-state index in [9.17, 15) is 4.79 Å². The van der Waals surface area contributed by atoms with Gasteiger partial charge in [0.1, 0.15) is 0 Å². The molecule has 0 radical (unpaired) electrons. The predicted octanol–water partition coefficient (Wildman–Crippen LogP) is 1.81. The summed E-state index contributed by atoms with van der Waals surface area (Å²) in [6.45, 7) is 12.2. The Morgan fingerprint density at radius 2 is 1.53 bits per heavy atom. The Labute approximate surface area is 93.2 Å². The van der Waals surface area contributed by atoms with Gasteiger partial charge in [0.25, 0.3) is 0 Å². The molecule has 0 saturated heterocycles. The Balaban J connectivity index is 4.08. The van der Waals surface area contributed by atoms with E-state index in [1.54, 1.807) is 0 Å². The predicted molar refractivity (Wildman–Crippen MR) is 62.1 cm³/mol. The number of urea groups is 1. The highest BCUT2D eigenvalue weighted by Gasteiger charge is 2.16. The van der Waals surface area contributed by atoms with Gasteiger partial charge in [0.15, 0.2) is 0 Å². The van der Waals surface area contributed by atoms with Crippen LogP contribution in [0.4, 0.5) is 4.79 Å². The lowest BCUT2D eigenvalue weighted by Gasteiger charge is -2.28. The molecule has 4 nitrogen and oxygen atoms in total. The van der Waals surface area contributed by atoms with Crippen LogP contribution >= 0.6 is 0 Å². The first kappa shape index (κ1) is 14.2. The summed E-state index contributed by atoms with van der Waals surface area (Å²) in [5.41, 5.74) is 0. The van der Waals surface area contributed by atoms with Crippen molar-refractivity contribution in [2.24, 2.45) is 0 Å². The molecule has 15 heavy (non-hydrogen) atoms. The lowest BCUT2D eigenvalue weighted by Crippen LogP contribution is -2.44. The minimum atomic E-state index is 0.113. The molecule has 0 spiro atoms. The second-order valence-electron chi connectivity index (χ2n) is 3.23. The average Bonchev–Trinajstić information content (AvgIpc) is 2.26. The first-order chi connectivity index (χ1) is 7.21. The van der Waals surface area contributed by atoms with Crippen molar-refractivity contribution in [1.29, 1.82) is 0 Å². The van der Waals surface area contributed by atoms with Gasteiger partial charge in [0.05, 0.1) is 6.61 Å². The summed E-state index contributed by atoms with van der Waals surface area (Å²) in [4.78, 5) is 15.6. The first-order valence-corrected chi connectivity index (χ1v) is 5.82. The fourth-order valence-corrected chi connectivity index (χ4v) is 1.40. The molecule has 4 heteroatoms. The van der Waals surface area contributed by atoms with Crippen molar-refractivity contribution in [3.8, 4) is 0 Å². The topological polar surface area (TPSA) is 32.8 Å². The number of hydrogen-bond donors (Lipinski definition) is 0. The molecule has 90 valence electrons. The van der Waals surface area contributed by atoms with E-state index < -0.39 is 0 Å². The first-order valence-electron chi connectivity index (χ1n) is 5.82. The Kier molecular flexibility index (Phi) is 8.09. The zero-order chi connectivity index (χ0) is 11.7. The van der Waals surface area contributed by atoms with Crippen molar-refractivity contribution in [3.05, 3.63) is 0 Å². The monoisotopic (exact) mass is 216 g/mol. The standard InChI is InChI=1S/C11H24N2O2/c1-5-12(6-2)11(14)13(7-3)9-10-15-8-4/h5-10H2,1-4H3. The zero-order valence-corrected chi connectivity index (χ0v) is 10.5. The lowest BCUT2D eigenvalue weighted by atomic mass is 10.4. The van der Waals surface area contributed by atoms with Crippen molar-refractivity contribution in [2.45, 2.75) is 27.7 Å². The molecule has 0 heterocycles. The Morgan fingerprint density at radius 3 is 1.93 bits per heavy atom. The molecular weight excluding hydrogens is 192 g/mol. The van der Waals surface area contributed by atoms with Crippen molar-refractivity contribution in [1.82, 2.24) is 9.80 Å². The van der Waals surface area contributed by atoms with Crippen LogP contribution in [0.3, 0.4) is 0 Å². The summed E-state index contributed by atoms with van der Waals surface area (Å²) in [6.07, 6.45) is 0. The van der Waals surface area contributed by atoms with Gasteiger partial charge in [-0.3, -0.25) is 0 Å². The molecule has 0 fully saturated rings. The second kappa shape index (κ2) is 8.53. The largest absolute Gasteiger partial charge is 0.380 e. The van der Waals surface area contributed by atoms with E-state index in [0.717, 1.165) is 19.6 Å². The maximum Gasteiger partial charge on any atom is 0.320 e. The number of likely N-dealkylation sites (N-methyl/N-ethyl adjacent to an activating group) is 1. The van der Waals surface area contributed by atoms with Gasteiger partial charge < -0.3 is 14.5 Å². The molecule has 2 amide bonds. The normalized spacial score (nSPS) is 10.1. The molecule has 0 unspecified atom stereocenters. The number of nitrogens with zero attached hydrogens (tertiary/aromatic N) is 2. The quantitative estimate of drug-likeness (QED) is 0.608. The van der Waals surface area contributed by atoms with Gasteiger partial charge in [-0.25, -0.2) is 4.79 Å². The SMILES string of the molecule is CCOCCN(CC)C(=O)N(CC)CC. The van der Waals surface area contributed by atoms with Crippen LogP contribution < -0.4 is 0 Å². The van der Waals surface area contributed by atoms with E-state index in [-0.39, 0.29) is 6.03 Å². The third-order valence-corrected chi connectivity index (χ3v) is 2.40. The number of amides is 2. The summed E-state index contributed by atoms with van der Waals surface area (Å²) in [7, 11) is 0. The molecule has 0 N–H and O–H groups in total. The van der Waals surface area contributed by atoms with E-state index >= 15 is 0 Å². The van der Waals surface area contributed by atoms with Crippen molar-refractivity contribution >= 4 is 6.03 Å². The number of rotatable bonds is 7. The third kappa shape index (κ3) is 5.02. The fourth-order valence-electron chi connectivity index (χ4n) is 1.40. The summed E-state index contributed by atoms with van der Waals surface area (Å²) in [6, 6.07) is 0.113. The number of carbonyl (C=O) groups is 1. The van der Waals surface area contributed by atoms with Crippen LogP contribution in [-0.2, 0) is 4.74 Å². The maximum absolute atomic E-state index is 11.9. The van der Waals surface area contributed by atoms with Gasteiger partial charge in [0, 0.05) is 32.8 Å². The lowest BCUT2D eigenvalue weighted by molar-refractivity contribution is 0.109. The fraction of sp³-hybridized carbons (Fsp3) is 0.909. The van der Waals surface area contributed by atoms with E-state index in [1.807, 2.05) is 37.5 Å². The smallest absolute Gasteiger partial charge is 0.320 e. The van der Waals surface area contributed by atoms with E-state index in [4.69, 9.17) is 4.74 Å². The van der Waals surface area contributed by atoms with E-state index in [0.29, 0.717) is 19.8 Å². The molecule has 0 atom stereocenters. The Hall–Kier alpha value is -0.770. The second-order valence-corrected chi connectivity index (χ2v) is 3.23. The minimum absolute atomic E-state index is 0.113. The number of hydrogen-bond acceptors (Lipinski definition) is 2. The molecular formula is C11H24N2O2. The van der Waals surface area contributed by atoms with E-state index in [2.05, 4.69) is 0 Å².